The molecule has 0 bridgehead atoms. The molecule has 5 nitrogen and oxygen atoms in total. The zero-order valence-corrected chi connectivity index (χ0v) is 13.1. The molecule has 2 rings (SSSR count). The van der Waals surface area contributed by atoms with Crippen LogP contribution in [-0.4, -0.2) is 44.6 Å². The highest BCUT2D eigenvalue weighted by atomic mass is 16.5. The Balaban J connectivity index is 1.85. The van der Waals surface area contributed by atoms with Gasteiger partial charge in [-0.25, -0.2) is 0 Å². The quantitative estimate of drug-likeness (QED) is 0.450. The van der Waals surface area contributed by atoms with Crippen molar-refractivity contribution in [3.63, 3.8) is 0 Å². The van der Waals surface area contributed by atoms with Crippen LogP contribution in [0.4, 0.5) is 0 Å². The van der Waals surface area contributed by atoms with Gasteiger partial charge in [0, 0.05) is 6.42 Å². The first kappa shape index (κ1) is 16.2. The zero-order valence-electron chi connectivity index (χ0n) is 13.1. The van der Waals surface area contributed by atoms with Crippen LogP contribution < -0.4 is 0 Å². The van der Waals surface area contributed by atoms with Gasteiger partial charge in [0.2, 0.25) is 0 Å². The van der Waals surface area contributed by atoms with E-state index in [4.69, 9.17) is 14.2 Å². The molecule has 0 amide bonds. The van der Waals surface area contributed by atoms with Crippen LogP contribution in [-0.2, 0) is 23.8 Å². The minimum absolute atomic E-state index is 0.0667. The van der Waals surface area contributed by atoms with Gasteiger partial charge < -0.3 is 14.2 Å². The largest absolute Gasteiger partial charge is 0.501 e. The maximum absolute atomic E-state index is 12.2. The molecule has 1 atom stereocenters. The van der Waals surface area contributed by atoms with Crippen LogP contribution in [0, 0.1) is 10.8 Å². The number of hydrogen-bond donors (Lipinski definition) is 0. The topological polar surface area (TPSA) is 61.8 Å². The van der Waals surface area contributed by atoms with Crippen LogP contribution in [0.1, 0.15) is 33.6 Å². The summed E-state index contributed by atoms with van der Waals surface area (Å²) >= 11 is 0. The summed E-state index contributed by atoms with van der Waals surface area (Å²) in [5, 5.41) is 0. The van der Waals surface area contributed by atoms with E-state index in [-0.39, 0.29) is 11.6 Å². The van der Waals surface area contributed by atoms with Gasteiger partial charge in [-0.3, -0.25) is 9.59 Å². The third kappa shape index (κ3) is 3.71. The summed E-state index contributed by atoms with van der Waals surface area (Å²) in [5.41, 5.74) is -0.405. The average molecular weight is 296 g/mol. The molecule has 2 heterocycles. The first-order valence-electron chi connectivity index (χ1n) is 7.39. The smallest absolute Gasteiger partial charge is 0.172 e. The molecule has 0 aromatic carbocycles. The number of Topliss-reactive ketones (excluding diaryl/α,β-unsaturated/α-hetero) is 2. The zero-order chi connectivity index (χ0) is 15.5. The number of ketones is 2. The van der Waals surface area contributed by atoms with Crippen LogP contribution in [0.5, 0.6) is 0 Å². The van der Waals surface area contributed by atoms with E-state index in [1.165, 1.54) is 6.26 Å². The maximum atomic E-state index is 12.2. The molecule has 0 aliphatic carbocycles. The molecule has 0 saturated carbocycles. The molecule has 21 heavy (non-hydrogen) atoms. The molecule has 0 aromatic rings. The number of ether oxygens (including phenoxy) is 3. The Hall–Kier alpha value is -1.20. The molecule has 118 valence electrons. The van der Waals surface area contributed by atoms with Crippen molar-refractivity contribution in [2.45, 2.75) is 33.6 Å². The Bertz CT molecular complexity index is 452. The second-order valence-corrected chi connectivity index (χ2v) is 6.76. The van der Waals surface area contributed by atoms with Crippen molar-refractivity contribution in [1.29, 1.82) is 0 Å². The van der Waals surface area contributed by atoms with Crippen LogP contribution in [0.2, 0.25) is 0 Å². The van der Waals surface area contributed by atoms with Crippen LogP contribution >= 0.6 is 0 Å². The van der Waals surface area contributed by atoms with Crippen molar-refractivity contribution in [3.05, 3.63) is 11.8 Å². The van der Waals surface area contributed by atoms with Gasteiger partial charge in [0.15, 0.2) is 5.78 Å². The molecule has 2 saturated heterocycles. The number of carbonyl (C=O) groups excluding carboxylic acids is 2. The van der Waals surface area contributed by atoms with E-state index >= 15 is 0 Å². The van der Waals surface area contributed by atoms with E-state index in [1.807, 2.05) is 20.8 Å². The van der Waals surface area contributed by atoms with E-state index in [0.717, 1.165) is 0 Å². The highest BCUT2D eigenvalue weighted by Crippen LogP contribution is 2.29. The van der Waals surface area contributed by atoms with Gasteiger partial charge >= 0.3 is 0 Å². The Kier molecular flexibility index (Phi) is 4.84. The molecule has 5 heteroatoms. The van der Waals surface area contributed by atoms with Gasteiger partial charge in [-0.1, -0.05) is 20.8 Å². The Labute approximate surface area is 125 Å². The summed E-state index contributed by atoms with van der Waals surface area (Å²) in [6.45, 7) is 7.71. The SMILES string of the molecule is CC1(C)COC/C(=C\OCCC2(C)COCCC2=O)C1=O. The minimum atomic E-state index is -0.493. The first-order chi connectivity index (χ1) is 9.85. The molecule has 2 fully saturated rings. The summed E-state index contributed by atoms with van der Waals surface area (Å²) in [6, 6.07) is 0. The molecule has 0 spiro atoms. The molecule has 0 aromatic heterocycles. The summed E-state index contributed by atoms with van der Waals surface area (Å²) in [6.07, 6.45) is 2.55. The van der Waals surface area contributed by atoms with E-state index in [1.54, 1.807) is 0 Å². The third-order valence-electron chi connectivity index (χ3n) is 4.19. The van der Waals surface area contributed by atoms with Crippen molar-refractivity contribution in [2.24, 2.45) is 10.8 Å². The van der Waals surface area contributed by atoms with Gasteiger partial charge in [0.05, 0.1) is 55.7 Å². The molecule has 0 radical (unpaired) electrons. The lowest BCUT2D eigenvalue weighted by Crippen LogP contribution is -2.39. The standard InChI is InChI=1S/C16H24O5/c1-15(2)10-21-9-12(14(15)18)8-19-7-5-16(3)11-20-6-4-13(16)17/h8H,4-7,9-11H2,1-3H3/b12-8+. The van der Waals surface area contributed by atoms with Gasteiger partial charge in [0.25, 0.3) is 0 Å². The van der Waals surface area contributed by atoms with Crippen molar-refractivity contribution >= 4 is 11.6 Å². The van der Waals surface area contributed by atoms with Gasteiger partial charge in [-0.2, -0.15) is 0 Å². The molecule has 1 unspecified atom stereocenters. The molecule has 2 aliphatic heterocycles. The van der Waals surface area contributed by atoms with Crippen molar-refractivity contribution in [3.8, 4) is 0 Å². The lowest BCUT2D eigenvalue weighted by atomic mass is 9.81. The predicted octanol–water partition coefficient (Wildman–Crippen LogP) is 1.90. The highest BCUT2D eigenvalue weighted by Gasteiger charge is 2.36. The fourth-order valence-electron chi connectivity index (χ4n) is 2.57. The summed E-state index contributed by atoms with van der Waals surface area (Å²) < 4.78 is 16.3. The predicted molar refractivity (Wildman–Crippen MR) is 76.8 cm³/mol. The Morgan fingerprint density at radius 1 is 1.19 bits per heavy atom. The lowest BCUT2D eigenvalue weighted by molar-refractivity contribution is -0.140. The number of hydrogen-bond acceptors (Lipinski definition) is 5. The third-order valence-corrected chi connectivity index (χ3v) is 4.19. The fraction of sp³-hybridized carbons (Fsp3) is 0.750. The van der Waals surface area contributed by atoms with Gasteiger partial charge in [-0.05, 0) is 6.42 Å². The van der Waals surface area contributed by atoms with Crippen LogP contribution in [0.3, 0.4) is 0 Å². The Morgan fingerprint density at radius 3 is 2.67 bits per heavy atom. The van der Waals surface area contributed by atoms with E-state index < -0.39 is 10.8 Å². The molecular formula is C16H24O5. The minimum Gasteiger partial charge on any atom is -0.501 e. The average Bonchev–Trinajstić information content (AvgIpc) is 2.43. The number of carbonyl (C=O) groups is 2. The normalized spacial score (nSPS) is 31.5. The fourth-order valence-corrected chi connectivity index (χ4v) is 2.57. The van der Waals surface area contributed by atoms with Gasteiger partial charge in [0.1, 0.15) is 5.78 Å². The van der Waals surface area contributed by atoms with Gasteiger partial charge in [-0.15, -0.1) is 0 Å². The van der Waals surface area contributed by atoms with Crippen molar-refractivity contribution in [1.82, 2.24) is 0 Å². The van der Waals surface area contributed by atoms with Crippen molar-refractivity contribution in [2.75, 3.05) is 33.0 Å². The summed E-state index contributed by atoms with van der Waals surface area (Å²) in [7, 11) is 0. The summed E-state index contributed by atoms with van der Waals surface area (Å²) in [4.78, 5) is 24.1. The van der Waals surface area contributed by atoms with Crippen LogP contribution in [0.15, 0.2) is 11.8 Å². The molecular weight excluding hydrogens is 272 g/mol. The Morgan fingerprint density at radius 2 is 1.95 bits per heavy atom. The molecule has 0 N–H and O–H groups in total. The molecule has 2 aliphatic rings. The first-order valence-corrected chi connectivity index (χ1v) is 7.39. The monoisotopic (exact) mass is 296 g/mol. The highest BCUT2D eigenvalue weighted by molar-refractivity contribution is 6.00. The van der Waals surface area contributed by atoms with E-state index in [0.29, 0.717) is 51.4 Å². The van der Waals surface area contributed by atoms with E-state index in [2.05, 4.69) is 0 Å². The lowest BCUT2D eigenvalue weighted by Gasteiger charge is -2.31. The van der Waals surface area contributed by atoms with Crippen molar-refractivity contribution < 1.29 is 23.8 Å². The number of rotatable bonds is 4. The second kappa shape index (κ2) is 6.28. The van der Waals surface area contributed by atoms with E-state index in [9.17, 15) is 9.59 Å². The second-order valence-electron chi connectivity index (χ2n) is 6.76. The maximum Gasteiger partial charge on any atom is 0.172 e. The van der Waals surface area contributed by atoms with Crippen LogP contribution in [0.25, 0.3) is 0 Å². The summed E-state index contributed by atoms with van der Waals surface area (Å²) in [5.74, 6) is 0.292.